The fourth-order valence-corrected chi connectivity index (χ4v) is 3.92. The van der Waals surface area contributed by atoms with Gasteiger partial charge in [0.2, 0.25) is 6.79 Å². The van der Waals surface area contributed by atoms with E-state index in [-0.39, 0.29) is 18.7 Å². The van der Waals surface area contributed by atoms with Gasteiger partial charge in [-0.1, -0.05) is 29.8 Å². The zero-order valence-electron chi connectivity index (χ0n) is 16.0. The van der Waals surface area contributed by atoms with Gasteiger partial charge in [-0.3, -0.25) is 9.69 Å². The van der Waals surface area contributed by atoms with Crippen LogP contribution in [0.1, 0.15) is 22.0 Å². The van der Waals surface area contributed by atoms with Crippen molar-refractivity contribution in [2.24, 2.45) is 0 Å². The summed E-state index contributed by atoms with van der Waals surface area (Å²) in [5, 5.41) is 0.516. The molecule has 2 heterocycles. The first-order valence-corrected chi connectivity index (χ1v) is 9.71. The van der Waals surface area contributed by atoms with Crippen LogP contribution in [0.3, 0.4) is 0 Å². The second-order valence-corrected chi connectivity index (χ2v) is 7.25. The van der Waals surface area contributed by atoms with Crippen LogP contribution in [0.15, 0.2) is 42.5 Å². The molecule has 1 saturated heterocycles. The molecule has 2 aromatic carbocycles. The Morgan fingerprint density at radius 1 is 1.03 bits per heavy atom. The van der Waals surface area contributed by atoms with E-state index in [0.29, 0.717) is 53.8 Å². The van der Waals surface area contributed by atoms with Gasteiger partial charge in [-0.25, -0.2) is 4.79 Å². The van der Waals surface area contributed by atoms with E-state index in [4.69, 9.17) is 25.8 Å². The number of rotatable bonds is 4. The Labute approximate surface area is 173 Å². The molecule has 0 N–H and O–H groups in total. The maximum atomic E-state index is 12.9. The van der Waals surface area contributed by atoms with E-state index >= 15 is 0 Å². The van der Waals surface area contributed by atoms with Crippen molar-refractivity contribution >= 4 is 23.5 Å². The van der Waals surface area contributed by atoms with Crippen molar-refractivity contribution in [1.82, 2.24) is 9.80 Å². The highest BCUT2D eigenvalue weighted by atomic mass is 35.5. The molecule has 0 radical (unpaired) electrons. The molecule has 0 aromatic heterocycles. The van der Waals surface area contributed by atoms with Gasteiger partial charge in [0.05, 0.1) is 7.11 Å². The Kier molecular flexibility index (Phi) is 5.60. The SMILES string of the molecule is COC(=O)[C@H](c1ccccc1Cl)N1CCN(C(=O)c2ccc3c(c2)OCO3)CC1. The van der Waals surface area contributed by atoms with Crippen LogP contribution in [0, 0.1) is 0 Å². The van der Waals surface area contributed by atoms with E-state index in [2.05, 4.69) is 0 Å². The summed E-state index contributed by atoms with van der Waals surface area (Å²) in [5.74, 6) is 0.787. The van der Waals surface area contributed by atoms with Crippen molar-refractivity contribution in [3.8, 4) is 11.5 Å². The van der Waals surface area contributed by atoms with Crippen LogP contribution < -0.4 is 9.47 Å². The van der Waals surface area contributed by atoms with E-state index in [9.17, 15) is 9.59 Å². The van der Waals surface area contributed by atoms with E-state index in [0.717, 1.165) is 0 Å². The lowest BCUT2D eigenvalue weighted by Gasteiger charge is -2.38. The minimum absolute atomic E-state index is 0.0738. The molecule has 2 aliphatic heterocycles. The van der Waals surface area contributed by atoms with E-state index < -0.39 is 6.04 Å². The summed E-state index contributed by atoms with van der Waals surface area (Å²) in [6.07, 6.45) is 0. The number of ether oxygens (including phenoxy) is 3. The first-order chi connectivity index (χ1) is 14.1. The topological polar surface area (TPSA) is 68.3 Å². The predicted octanol–water partition coefficient (Wildman–Crippen LogP) is 2.74. The molecular weight excluding hydrogens is 396 g/mol. The number of methoxy groups -OCH3 is 1. The van der Waals surface area contributed by atoms with Crippen LogP contribution in [-0.4, -0.2) is 61.8 Å². The Bertz CT molecular complexity index is 927. The number of benzene rings is 2. The third-order valence-electron chi connectivity index (χ3n) is 5.21. The van der Waals surface area contributed by atoms with Crippen molar-refractivity contribution in [3.05, 3.63) is 58.6 Å². The number of halogens is 1. The summed E-state index contributed by atoms with van der Waals surface area (Å²) in [5.41, 5.74) is 1.26. The zero-order valence-corrected chi connectivity index (χ0v) is 16.7. The summed E-state index contributed by atoms with van der Waals surface area (Å²) in [6.45, 7) is 2.21. The summed E-state index contributed by atoms with van der Waals surface area (Å²) < 4.78 is 15.7. The number of carbonyl (C=O) groups is 2. The molecule has 152 valence electrons. The van der Waals surface area contributed by atoms with Gasteiger partial charge < -0.3 is 19.1 Å². The smallest absolute Gasteiger partial charge is 0.327 e. The average molecular weight is 417 g/mol. The number of esters is 1. The molecule has 2 aliphatic rings. The highest BCUT2D eigenvalue weighted by molar-refractivity contribution is 6.31. The summed E-state index contributed by atoms with van der Waals surface area (Å²) >= 11 is 6.32. The highest BCUT2D eigenvalue weighted by Gasteiger charge is 2.34. The lowest BCUT2D eigenvalue weighted by Crippen LogP contribution is -2.51. The standard InChI is InChI=1S/C21H21ClN2O5/c1-27-21(26)19(15-4-2-3-5-16(15)22)23-8-10-24(11-9-23)20(25)14-6-7-17-18(12-14)29-13-28-17/h2-7,12,19H,8-11,13H2,1H3/t19-/m0/s1. The zero-order chi connectivity index (χ0) is 20.4. The molecule has 0 unspecified atom stereocenters. The number of hydrogen-bond acceptors (Lipinski definition) is 6. The molecule has 0 saturated carbocycles. The molecule has 0 spiro atoms. The lowest BCUT2D eigenvalue weighted by atomic mass is 10.0. The third-order valence-corrected chi connectivity index (χ3v) is 5.55. The molecule has 29 heavy (non-hydrogen) atoms. The first kappa shape index (κ1) is 19.5. The van der Waals surface area contributed by atoms with E-state index in [1.54, 1.807) is 29.2 Å². The maximum absolute atomic E-state index is 12.9. The number of amides is 1. The Morgan fingerprint density at radius 3 is 2.48 bits per heavy atom. The molecule has 8 heteroatoms. The van der Waals surface area contributed by atoms with Crippen LogP contribution >= 0.6 is 11.6 Å². The van der Waals surface area contributed by atoms with Crippen LogP contribution in [0.2, 0.25) is 5.02 Å². The average Bonchev–Trinajstić information content (AvgIpc) is 3.23. The molecule has 7 nitrogen and oxygen atoms in total. The number of piperazine rings is 1. The fraction of sp³-hybridized carbons (Fsp3) is 0.333. The van der Waals surface area contributed by atoms with Crippen molar-refractivity contribution in [2.75, 3.05) is 40.1 Å². The van der Waals surface area contributed by atoms with Gasteiger partial charge in [-0.05, 0) is 29.8 Å². The van der Waals surface area contributed by atoms with Gasteiger partial charge in [0.25, 0.3) is 5.91 Å². The molecule has 1 atom stereocenters. The number of fused-ring (bicyclic) bond motifs is 1. The Morgan fingerprint density at radius 2 is 1.76 bits per heavy atom. The minimum atomic E-state index is -0.600. The lowest BCUT2D eigenvalue weighted by molar-refractivity contribution is -0.148. The van der Waals surface area contributed by atoms with Crippen LogP contribution in [-0.2, 0) is 9.53 Å². The normalized spacial score (nSPS) is 17.1. The van der Waals surface area contributed by atoms with Gasteiger partial charge in [-0.2, -0.15) is 0 Å². The van der Waals surface area contributed by atoms with Gasteiger partial charge in [0.1, 0.15) is 6.04 Å². The Hall–Kier alpha value is -2.77. The molecule has 1 fully saturated rings. The molecule has 2 aromatic rings. The van der Waals surface area contributed by atoms with E-state index in [1.165, 1.54) is 7.11 Å². The van der Waals surface area contributed by atoms with Crippen molar-refractivity contribution < 1.29 is 23.8 Å². The van der Waals surface area contributed by atoms with Crippen LogP contribution in [0.25, 0.3) is 0 Å². The number of carbonyl (C=O) groups excluding carboxylic acids is 2. The third kappa shape index (κ3) is 3.88. The fourth-order valence-electron chi connectivity index (χ4n) is 3.68. The minimum Gasteiger partial charge on any atom is -0.468 e. The largest absolute Gasteiger partial charge is 0.468 e. The van der Waals surface area contributed by atoms with Gasteiger partial charge in [-0.15, -0.1) is 0 Å². The van der Waals surface area contributed by atoms with Gasteiger partial charge >= 0.3 is 5.97 Å². The molecule has 0 bridgehead atoms. The molecule has 4 rings (SSSR count). The molecule has 1 amide bonds. The number of hydrogen-bond donors (Lipinski definition) is 0. The molecular formula is C21H21ClN2O5. The summed E-state index contributed by atoms with van der Waals surface area (Å²) in [7, 11) is 1.37. The van der Waals surface area contributed by atoms with Crippen LogP contribution in [0.4, 0.5) is 0 Å². The van der Waals surface area contributed by atoms with Crippen LogP contribution in [0.5, 0.6) is 11.5 Å². The second kappa shape index (κ2) is 8.31. The van der Waals surface area contributed by atoms with Gasteiger partial charge in [0.15, 0.2) is 11.5 Å². The Balaban J connectivity index is 1.47. The van der Waals surface area contributed by atoms with Crippen molar-refractivity contribution in [1.29, 1.82) is 0 Å². The maximum Gasteiger partial charge on any atom is 0.327 e. The monoisotopic (exact) mass is 416 g/mol. The quantitative estimate of drug-likeness (QED) is 0.714. The highest BCUT2D eigenvalue weighted by Crippen LogP contribution is 2.33. The summed E-state index contributed by atoms with van der Waals surface area (Å²) in [6, 6.07) is 11.8. The first-order valence-electron chi connectivity index (χ1n) is 9.33. The summed E-state index contributed by atoms with van der Waals surface area (Å²) in [4.78, 5) is 29.1. The van der Waals surface area contributed by atoms with Crippen molar-refractivity contribution in [2.45, 2.75) is 6.04 Å². The predicted molar refractivity (Wildman–Crippen MR) is 106 cm³/mol. The number of nitrogens with zero attached hydrogens (tertiary/aromatic N) is 2. The second-order valence-electron chi connectivity index (χ2n) is 6.84. The van der Waals surface area contributed by atoms with Crippen molar-refractivity contribution in [3.63, 3.8) is 0 Å². The molecule has 0 aliphatic carbocycles. The van der Waals surface area contributed by atoms with E-state index in [1.807, 2.05) is 23.1 Å². The van der Waals surface area contributed by atoms with Gasteiger partial charge in [0, 0.05) is 36.8 Å².